The van der Waals surface area contributed by atoms with Gasteiger partial charge in [-0.3, -0.25) is 9.97 Å². The molecule has 1 aromatic carbocycles. The summed E-state index contributed by atoms with van der Waals surface area (Å²) in [4.78, 5) is 22.2. The van der Waals surface area contributed by atoms with Gasteiger partial charge in [0.2, 0.25) is 0 Å². The van der Waals surface area contributed by atoms with Crippen LogP contribution in [0.4, 0.5) is 11.6 Å². The van der Waals surface area contributed by atoms with E-state index in [0.717, 1.165) is 11.1 Å². The van der Waals surface area contributed by atoms with E-state index in [2.05, 4.69) is 68.0 Å². The Morgan fingerprint density at radius 2 is 1.10 bits per heavy atom. The van der Waals surface area contributed by atoms with Gasteiger partial charge in [0.05, 0.1) is 11.6 Å². The molecule has 41 heavy (non-hydrogen) atoms. The minimum Gasteiger partial charge on any atom is -0.508 e. The number of unbranched alkanes of at least 4 members (excludes halogenated alkanes) is 6. The molecule has 0 saturated carbocycles. The fourth-order valence-corrected chi connectivity index (χ4v) is 4.47. The number of aliphatic imine (C=N–C) groups is 2. The normalized spacial score (nSPS) is 15.4. The van der Waals surface area contributed by atoms with Gasteiger partial charge in [0.25, 0.3) is 0 Å². The second-order valence-electron chi connectivity index (χ2n) is 9.91. The van der Waals surface area contributed by atoms with Crippen molar-refractivity contribution in [2.24, 2.45) is 9.98 Å². The maximum atomic E-state index is 4.57. The third kappa shape index (κ3) is 10.5. The van der Waals surface area contributed by atoms with E-state index in [4.69, 9.17) is 0 Å². The average Bonchev–Trinajstić information content (AvgIpc) is 3.59. The number of pyridine rings is 2. The van der Waals surface area contributed by atoms with E-state index in [9.17, 15) is 0 Å². The number of benzene rings is 1. The molecule has 0 bridgehead atoms. The third-order valence-corrected chi connectivity index (χ3v) is 6.65. The van der Waals surface area contributed by atoms with Crippen LogP contribution >= 0.6 is 0 Å². The van der Waals surface area contributed by atoms with Crippen LogP contribution in [-0.4, -0.2) is 44.5 Å². The van der Waals surface area contributed by atoms with Crippen LogP contribution in [0.2, 0.25) is 0 Å². The number of hydrogen-bond donors (Lipinski definition) is 0. The van der Waals surface area contributed by atoms with Crippen LogP contribution < -0.4 is 0 Å². The molecule has 0 amide bonds. The average molecular weight is 731 g/mol. The molecule has 0 radical (unpaired) electrons. The molecule has 7 nitrogen and oxygen atoms in total. The largest absolute Gasteiger partial charge is 2.00 e. The van der Waals surface area contributed by atoms with Crippen LogP contribution in [0.1, 0.15) is 76.3 Å². The van der Waals surface area contributed by atoms with E-state index in [0.29, 0.717) is 23.3 Å². The summed E-state index contributed by atoms with van der Waals surface area (Å²) < 4.78 is 0. The first-order valence-corrected chi connectivity index (χ1v) is 14.6. The quantitative estimate of drug-likeness (QED) is 0.139. The van der Waals surface area contributed by atoms with E-state index < -0.39 is 0 Å². The van der Waals surface area contributed by atoms with Crippen molar-refractivity contribution in [3.05, 3.63) is 109 Å². The van der Waals surface area contributed by atoms with Crippen molar-refractivity contribution in [1.29, 1.82) is 0 Å². The van der Waals surface area contributed by atoms with Gasteiger partial charge in [0.15, 0.2) is 0 Å². The van der Waals surface area contributed by atoms with Crippen molar-refractivity contribution in [2.45, 2.75) is 65.2 Å². The van der Waals surface area contributed by atoms with Crippen LogP contribution in [-0.2, 0) is 21.1 Å². The topological polar surface area (TPSA) is 71.1 Å². The van der Waals surface area contributed by atoms with Crippen molar-refractivity contribution < 1.29 is 21.1 Å². The van der Waals surface area contributed by atoms with Gasteiger partial charge in [0, 0.05) is 24.1 Å². The monoisotopic (exact) mass is 730 g/mol. The minimum atomic E-state index is 0. The van der Waals surface area contributed by atoms with Crippen LogP contribution in [0, 0.1) is 6.67 Å². The molecule has 2 aliphatic rings. The Morgan fingerprint density at radius 3 is 1.51 bits per heavy atom. The zero-order chi connectivity index (χ0) is 27.8. The standard InChI is InChI=1S/C18H12N5.C15H29N2.Pt/c1-2-8-14-13(7-1)17(21-15-9-3-5-11-19-15)23-18(14)22-16-10-4-6-12-20-16;1-3-5-7-9-11-16-13-14-17(15-16)12-10-8-6-4-2;/h1-12H;13-15H,3-12H2,1-2H3;/q2*-1;+2. The van der Waals surface area contributed by atoms with Gasteiger partial charge in [0.1, 0.15) is 0 Å². The first-order valence-electron chi connectivity index (χ1n) is 14.6. The molecule has 218 valence electrons. The van der Waals surface area contributed by atoms with Crippen LogP contribution in [0.15, 0.2) is 95.4 Å². The maximum Gasteiger partial charge on any atom is 2.00 e. The second kappa shape index (κ2) is 18.2. The van der Waals surface area contributed by atoms with Gasteiger partial charge in [-0.15, -0.1) is 0 Å². The maximum absolute atomic E-state index is 4.57. The Kier molecular flexibility index (Phi) is 14.3. The fourth-order valence-electron chi connectivity index (χ4n) is 4.47. The minimum absolute atomic E-state index is 0. The summed E-state index contributed by atoms with van der Waals surface area (Å²) in [6.45, 7) is 9.15. The predicted octanol–water partition coefficient (Wildman–Crippen LogP) is 8.37. The number of nitrogens with zero attached hydrogens (tertiary/aromatic N) is 7. The summed E-state index contributed by atoms with van der Waals surface area (Å²) in [6.07, 6.45) is 18.6. The molecule has 3 aromatic rings. The molecular weight excluding hydrogens is 689 g/mol. The Labute approximate surface area is 260 Å². The molecule has 2 aromatic heterocycles. The van der Waals surface area contributed by atoms with Crippen molar-refractivity contribution in [3.63, 3.8) is 0 Å². The molecule has 5 rings (SSSR count). The van der Waals surface area contributed by atoms with Crippen molar-refractivity contribution in [2.75, 3.05) is 13.1 Å². The number of aromatic nitrogens is 2. The smallest absolute Gasteiger partial charge is 0.508 e. The molecule has 0 spiro atoms. The van der Waals surface area contributed by atoms with Gasteiger partial charge in [-0.05, 0) is 73.7 Å². The van der Waals surface area contributed by atoms with E-state index in [1.165, 1.54) is 64.5 Å². The van der Waals surface area contributed by atoms with Crippen LogP contribution in [0.3, 0.4) is 0 Å². The van der Waals surface area contributed by atoms with Gasteiger partial charge >= 0.3 is 21.1 Å². The van der Waals surface area contributed by atoms with Crippen LogP contribution in [0.5, 0.6) is 0 Å². The number of fused-ring (bicyclic) bond motifs is 1. The summed E-state index contributed by atoms with van der Waals surface area (Å²) in [5.41, 5.74) is 1.90. The van der Waals surface area contributed by atoms with Gasteiger partial charge in [-0.2, -0.15) is 6.67 Å². The van der Waals surface area contributed by atoms with Crippen LogP contribution in [0.25, 0.3) is 5.32 Å². The molecule has 0 fully saturated rings. The number of rotatable bonds is 12. The fraction of sp³-hybridized carbons (Fsp3) is 0.364. The summed E-state index contributed by atoms with van der Waals surface area (Å²) >= 11 is 0. The summed E-state index contributed by atoms with van der Waals surface area (Å²) in [6, 6.07) is 19.1. The molecule has 8 heteroatoms. The summed E-state index contributed by atoms with van der Waals surface area (Å²) in [5.74, 6) is 2.49. The first kappa shape index (κ1) is 32.2. The zero-order valence-electron chi connectivity index (χ0n) is 24.2. The number of amidine groups is 2. The van der Waals surface area contributed by atoms with Gasteiger partial charge in [-0.1, -0.05) is 88.8 Å². The van der Waals surface area contributed by atoms with Gasteiger partial charge < -0.3 is 25.1 Å². The van der Waals surface area contributed by atoms with E-state index in [-0.39, 0.29) is 21.1 Å². The molecule has 0 atom stereocenters. The van der Waals surface area contributed by atoms with E-state index >= 15 is 0 Å². The first-order chi connectivity index (χ1) is 19.8. The Morgan fingerprint density at radius 1 is 0.634 bits per heavy atom. The van der Waals surface area contributed by atoms with Crippen molar-refractivity contribution >= 4 is 23.3 Å². The molecule has 4 heterocycles. The molecule has 0 N–H and O–H groups in total. The SMILES string of the molecule is CCCCCCN1C=CN(CCCCCC)[CH-]1.[Pt+2].c1ccc(/N=C2\[N-]/C(=N\c3ccccn3)c3ccccc32)nc1. The predicted molar refractivity (Wildman–Crippen MR) is 166 cm³/mol. The molecule has 2 aliphatic heterocycles. The number of hydrogen-bond acceptors (Lipinski definition) is 6. The zero-order valence-corrected chi connectivity index (χ0v) is 26.5. The Bertz CT molecular complexity index is 1150. The third-order valence-electron chi connectivity index (χ3n) is 6.65. The molecule has 0 saturated heterocycles. The summed E-state index contributed by atoms with van der Waals surface area (Å²) in [7, 11) is 0. The second-order valence-corrected chi connectivity index (χ2v) is 9.91. The molecule has 0 aliphatic carbocycles. The molecule has 0 unspecified atom stereocenters. The Balaban J connectivity index is 0.000000231. The van der Waals surface area contributed by atoms with E-state index in [1.807, 2.05) is 60.7 Å². The summed E-state index contributed by atoms with van der Waals surface area (Å²) in [5, 5.41) is 4.57. The van der Waals surface area contributed by atoms with Crippen molar-refractivity contribution in [3.8, 4) is 0 Å². The molecular formula is C33H41N7Pt. The van der Waals surface area contributed by atoms with Gasteiger partial charge in [-0.25, -0.2) is 0 Å². The van der Waals surface area contributed by atoms with Crippen molar-refractivity contribution in [1.82, 2.24) is 19.8 Å². The van der Waals surface area contributed by atoms with E-state index in [1.54, 1.807) is 12.4 Å². The Hall–Kier alpha value is -3.31.